The molecule has 6 nitrogen and oxygen atoms in total. The van der Waals surface area contributed by atoms with E-state index in [2.05, 4.69) is 28.3 Å². The van der Waals surface area contributed by atoms with E-state index in [-0.39, 0.29) is 5.91 Å². The summed E-state index contributed by atoms with van der Waals surface area (Å²) in [4.78, 5) is 24.7. The van der Waals surface area contributed by atoms with Gasteiger partial charge in [0.25, 0.3) is 5.91 Å². The molecule has 0 spiro atoms. The highest BCUT2D eigenvalue weighted by atomic mass is 32.1. The number of hydrogen-bond donors (Lipinski definition) is 0. The predicted molar refractivity (Wildman–Crippen MR) is 115 cm³/mol. The Balaban J connectivity index is 1.38. The molecule has 1 fully saturated rings. The zero-order valence-corrected chi connectivity index (χ0v) is 17.7. The van der Waals surface area contributed by atoms with Crippen LogP contribution in [0, 0.1) is 13.8 Å². The molecule has 1 aromatic carbocycles. The van der Waals surface area contributed by atoms with Gasteiger partial charge in [0.05, 0.1) is 31.9 Å². The molecule has 1 amide bonds. The molecule has 0 radical (unpaired) electrons. The zero-order chi connectivity index (χ0) is 20.1. The van der Waals surface area contributed by atoms with Crippen LogP contribution >= 0.6 is 11.3 Å². The fraction of sp³-hybridized carbons (Fsp3) is 0.364. The number of carbonyl (C=O) groups excluding carboxylic acids is 1. The maximum Gasteiger partial charge on any atom is 0.254 e. The van der Waals surface area contributed by atoms with Gasteiger partial charge in [-0.15, -0.1) is 11.3 Å². The standard InChI is InChI=1S/C22H23N5OS/c1-13-12-16(19-14(2)25-26(3)20(19)23-13)22(28)27-10-8-15(9-11-27)21-24-17-6-4-5-7-18(17)29-21/h4-7,12,15H,8-11H2,1-3H3. The third kappa shape index (κ3) is 3.09. The SMILES string of the molecule is Cc1cc(C(=O)N2CCC(c3nc4ccccc4s3)CC2)c2c(C)nn(C)c2n1. The van der Waals surface area contributed by atoms with Gasteiger partial charge in [-0.2, -0.15) is 5.10 Å². The number of piperidine rings is 1. The summed E-state index contributed by atoms with van der Waals surface area (Å²) in [6.45, 7) is 5.37. The average molecular weight is 406 g/mol. The quantitative estimate of drug-likeness (QED) is 0.501. The van der Waals surface area contributed by atoms with Crippen molar-refractivity contribution in [3.63, 3.8) is 0 Å². The van der Waals surface area contributed by atoms with Crippen molar-refractivity contribution in [2.24, 2.45) is 7.05 Å². The topological polar surface area (TPSA) is 63.9 Å². The van der Waals surface area contributed by atoms with Crippen molar-refractivity contribution in [2.75, 3.05) is 13.1 Å². The molecule has 1 aliphatic heterocycles. The van der Waals surface area contributed by atoms with Crippen molar-refractivity contribution in [3.8, 4) is 0 Å². The average Bonchev–Trinajstić information content (AvgIpc) is 3.28. The number of rotatable bonds is 2. The third-order valence-electron chi connectivity index (χ3n) is 5.77. The summed E-state index contributed by atoms with van der Waals surface area (Å²) in [6.07, 6.45) is 1.90. The molecule has 0 bridgehead atoms. The van der Waals surface area contributed by atoms with Crippen LogP contribution in [0.2, 0.25) is 0 Å². The minimum atomic E-state index is 0.0827. The molecule has 148 valence electrons. The van der Waals surface area contributed by atoms with Gasteiger partial charge in [-0.05, 0) is 44.9 Å². The fourth-order valence-electron chi connectivity index (χ4n) is 4.30. The van der Waals surface area contributed by atoms with Gasteiger partial charge in [0.1, 0.15) is 0 Å². The van der Waals surface area contributed by atoms with E-state index in [1.54, 1.807) is 16.0 Å². The van der Waals surface area contributed by atoms with Crippen LogP contribution in [0.3, 0.4) is 0 Å². The van der Waals surface area contributed by atoms with Gasteiger partial charge < -0.3 is 4.90 Å². The molecule has 5 rings (SSSR count). The lowest BCUT2D eigenvalue weighted by molar-refractivity contribution is 0.0714. The summed E-state index contributed by atoms with van der Waals surface area (Å²) in [5.74, 6) is 0.509. The monoisotopic (exact) mass is 405 g/mol. The number of para-hydroxylation sites is 1. The first-order chi connectivity index (χ1) is 14.0. The van der Waals surface area contributed by atoms with E-state index in [1.807, 2.05) is 37.9 Å². The first-order valence-electron chi connectivity index (χ1n) is 9.97. The van der Waals surface area contributed by atoms with E-state index < -0.39 is 0 Å². The van der Waals surface area contributed by atoms with Gasteiger partial charge in [0.2, 0.25) is 0 Å². The first kappa shape index (κ1) is 18.2. The lowest BCUT2D eigenvalue weighted by Crippen LogP contribution is -2.38. The van der Waals surface area contributed by atoms with Crippen LogP contribution in [0.25, 0.3) is 21.3 Å². The van der Waals surface area contributed by atoms with Gasteiger partial charge in [-0.3, -0.25) is 9.48 Å². The fourth-order valence-corrected chi connectivity index (χ4v) is 5.44. The summed E-state index contributed by atoms with van der Waals surface area (Å²) in [6, 6.07) is 10.2. The number of likely N-dealkylation sites (tertiary alicyclic amines) is 1. The van der Waals surface area contributed by atoms with E-state index in [0.717, 1.165) is 59.4 Å². The maximum atomic E-state index is 13.4. The number of hydrogen-bond acceptors (Lipinski definition) is 5. The molecule has 4 aromatic rings. The Labute approximate surface area is 173 Å². The second kappa shape index (κ2) is 6.91. The molecule has 1 aliphatic rings. The van der Waals surface area contributed by atoms with Crippen LogP contribution in [0.5, 0.6) is 0 Å². The molecule has 0 atom stereocenters. The van der Waals surface area contributed by atoms with Crippen molar-refractivity contribution in [1.29, 1.82) is 0 Å². The van der Waals surface area contributed by atoms with Gasteiger partial charge in [0.15, 0.2) is 5.65 Å². The summed E-state index contributed by atoms with van der Waals surface area (Å²) in [5, 5.41) is 6.54. The number of benzene rings is 1. The number of fused-ring (bicyclic) bond motifs is 2. The van der Waals surface area contributed by atoms with Crippen LogP contribution in [-0.2, 0) is 7.05 Å². The lowest BCUT2D eigenvalue weighted by atomic mass is 9.96. The van der Waals surface area contributed by atoms with Gasteiger partial charge in [0, 0.05) is 31.7 Å². The van der Waals surface area contributed by atoms with E-state index in [9.17, 15) is 4.79 Å². The highest BCUT2D eigenvalue weighted by molar-refractivity contribution is 7.18. The van der Waals surface area contributed by atoms with E-state index >= 15 is 0 Å². The summed E-state index contributed by atoms with van der Waals surface area (Å²) >= 11 is 1.78. The van der Waals surface area contributed by atoms with Crippen LogP contribution < -0.4 is 0 Å². The summed E-state index contributed by atoms with van der Waals surface area (Å²) < 4.78 is 3.00. The van der Waals surface area contributed by atoms with Crippen LogP contribution in [0.1, 0.15) is 45.5 Å². The first-order valence-corrected chi connectivity index (χ1v) is 10.8. The predicted octanol–water partition coefficient (Wildman–Crippen LogP) is 4.21. The second-order valence-corrected chi connectivity index (χ2v) is 8.87. The normalized spacial score (nSPS) is 15.5. The Morgan fingerprint density at radius 2 is 1.90 bits per heavy atom. The zero-order valence-electron chi connectivity index (χ0n) is 16.8. The smallest absolute Gasteiger partial charge is 0.254 e. The molecular weight excluding hydrogens is 382 g/mol. The Morgan fingerprint density at radius 1 is 1.14 bits per heavy atom. The number of aromatic nitrogens is 4. The molecule has 0 unspecified atom stereocenters. The van der Waals surface area contributed by atoms with Gasteiger partial charge >= 0.3 is 0 Å². The molecule has 3 aromatic heterocycles. The van der Waals surface area contributed by atoms with Crippen molar-refractivity contribution >= 4 is 38.5 Å². The van der Waals surface area contributed by atoms with E-state index in [1.165, 1.54) is 9.71 Å². The van der Waals surface area contributed by atoms with Gasteiger partial charge in [-0.25, -0.2) is 9.97 Å². The van der Waals surface area contributed by atoms with Crippen molar-refractivity contribution in [2.45, 2.75) is 32.6 Å². The number of nitrogens with zero attached hydrogens (tertiary/aromatic N) is 5. The van der Waals surface area contributed by atoms with E-state index in [0.29, 0.717) is 5.92 Å². The molecule has 0 saturated carbocycles. The molecular formula is C22H23N5OS. The molecule has 7 heteroatoms. The minimum absolute atomic E-state index is 0.0827. The number of aryl methyl sites for hydroxylation is 3. The second-order valence-electron chi connectivity index (χ2n) is 7.81. The van der Waals surface area contributed by atoms with Crippen LogP contribution in [0.4, 0.5) is 0 Å². The highest BCUT2D eigenvalue weighted by Gasteiger charge is 2.28. The Hall–Kier alpha value is -2.80. The largest absolute Gasteiger partial charge is 0.339 e. The van der Waals surface area contributed by atoms with E-state index in [4.69, 9.17) is 4.98 Å². The summed E-state index contributed by atoms with van der Waals surface area (Å²) in [7, 11) is 1.87. The molecule has 0 N–H and O–H groups in total. The minimum Gasteiger partial charge on any atom is -0.339 e. The van der Waals surface area contributed by atoms with Crippen LogP contribution in [0.15, 0.2) is 30.3 Å². The van der Waals surface area contributed by atoms with Crippen LogP contribution in [-0.4, -0.2) is 43.6 Å². The maximum absolute atomic E-state index is 13.4. The lowest BCUT2D eigenvalue weighted by Gasteiger charge is -2.31. The van der Waals surface area contributed by atoms with Gasteiger partial charge in [-0.1, -0.05) is 12.1 Å². The number of carbonyl (C=O) groups is 1. The number of pyridine rings is 1. The number of thiazole rings is 1. The molecule has 0 aliphatic carbocycles. The Kier molecular flexibility index (Phi) is 4.35. The van der Waals surface area contributed by atoms with Crippen molar-refractivity contribution in [1.82, 2.24) is 24.6 Å². The molecule has 4 heterocycles. The Bertz CT molecular complexity index is 1200. The Morgan fingerprint density at radius 3 is 2.66 bits per heavy atom. The number of amides is 1. The third-order valence-corrected chi connectivity index (χ3v) is 6.97. The van der Waals surface area contributed by atoms with Crippen molar-refractivity contribution < 1.29 is 4.79 Å². The highest BCUT2D eigenvalue weighted by Crippen LogP contribution is 2.34. The molecule has 1 saturated heterocycles. The van der Waals surface area contributed by atoms with Crippen molar-refractivity contribution in [3.05, 3.63) is 52.3 Å². The molecule has 29 heavy (non-hydrogen) atoms. The summed E-state index contributed by atoms with van der Waals surface area (Å²) in [5.41, 5.74) is 4.26.